The Balaban J connectivity index is 0. The van der Waals surface area contributed by atoms with Crippen LogP contribution in [0.2, 0.25) is 0 Å². The molecule has 0 fully saturated rings. The molecule has 0 aromatic carbocycles. The molecule has 0 aromatic heterocycles. The zero-order chi connectivity index (χ0) is 25.7. The Labute approximate surface area is 217 Å². The molecule has 0 aliphatic heterocycles. The maximum absolute atomic E-state index is 12.0. The zero-order valence-corrected chi connectivity index (χ0v) is 24.5. The normalized spacial score (nSPS) is 12.8. The first-order chi connectivity index (χ1) is 16.1. The fourth-order valence-electron chi connectivity index (χ4n) is 4.70. The lowest BCUT2D eigenvalue weighted by Gasteiger charge is -2.34. The van der Waals surface area contributed by atoms with E-state index in [1.165, 1.54) is 83.5 Å². The second-order valence-corrected chi connectivity index (χ2v) is 11.4. The number of amides is 1. The van der Waals surface area contributed by atoms with E-state index in [2.05, 4.69) is 12.2 Å². The van der Waals surface area contributed by atoms with E-state index in [1.807, 2.05) is 6.92 Å². The number of carbonyl (C=O) groups excluding carboxylic acids is 1. The molecule has 1 unspecified atom stereocenters. The SMILES string of the molecule is CCCCCCCCCCCCCCCCCC(=O)NCCCC(CC)C(C)(C)OS(=O)(=O)[O-].[NH4+]. The minimum Gasteiger partial charge on any atom is -0.726 e. The summed E-state index contributed by atoms with van der Waals surface area (Å²) in [4.78, 5) is 12.0. The molecule has 0 spiro atoms. The highest BCUT2D eigenvalue weighted by Crippen LogP contribution is 2.29. The first-order valence-corrected chi connectivity index (χ1v) is 15.4. The lowest BCUT2D eigenvalue weighted by atomic mass is 9.85. The quantitative estimate of drug-likeness (QED) is 0.0758. The predicted molar refractivity (Wildman–Crippen MR) is 146 cm³/mol. The van der Waals surface area contributed by atoms with Gasteiger partial charge in [0.05, 0.1) is 5.60 Å². The van der Waals surface area contributed by atoms with Crippen LogP contribution in [0.5, 0.6) is 0 Å². The van der Waals surface area contributed by atoms with Gasteiger partial charge in [-0.3, -0.25) is 8.98 Å². The summed E-state index contributed by atoms with van der Waals surface area (Å²) in [6, 6.07) is 0. The standard InChI is InChI=1S/C27H55NO5S.H3N/c1-5-7-8-9-10-11-12-13-14-15-16-17-18-19-20-23-26(29)28-24-21-22-25(6-2)27(3,4)33-34(30,31)32;/h25H,5-24H2,1-4H3,(H,28,29)(H,30,31,32);1H3. The van der Waals surface area contributed by atoms with Crippen molar-refractivity contribution >= 4 is 16.3 Å². The van der Waals surface area contributed by atoms with Crippen LogP contribution in [-0.2, 0) is 19.4 Å². The molecule has 0 saturated heterocycles. The minimum atomic E-state index is -4.73. The number of unbranched alkanes of at least 4 members (excludes halogenated alkanes) is 14. The minimum absolute atomic E-state index is 0. The number of hydrogen-bond acceptors (Lipinski definition) is 5. The summed E-state index contributed by atoms with van der Waals surface area (Å²) < 4.78 is 37.5. The number of rotatable bonds is 24. The molecular formula is C27H58N2O5S. The Bertz CT molecular complexity index is 596. The Hall–Kier alpha value is -0.700. The monoisotopic (exact) mass is 522 g/mol. The van der Waals surface area contributed by atoms with E-state index in [4.69, 9.17) is 4.18 Å². The van der Waals surface area contributed by atoms with Gasteiger partial charge in [0.25, 0.3) is 0 Å². The average molecular weight is 523 g/mol. The van der Waals surface area contributed by atoms with Crippen LogP contribution in [-0.4, -0.2) is 31.0 Å². The van der Waals surface area contributed by atoms with Crippen LogP contribution >= 0.6 is 0 Å². The third-order valence-corrected chi connectivity index (χ3v) is 7.49. The van der Waals surface area contributed by atoms with Gasteiger partial charge in [0.1, 0.15) is 0 Å². The largest absolute Gasteiger partial charge is 0.726 e. The van der Waals surface area contributed by atoms with E-state index in [0.717, 1.165) is 19.3 Å². The van der Waals surface area contributed by atoms with Gasteiger partial charge in [-0.1, -0.05) is 110 Å². The molecule has 0 saturated carbocycles. The topological polar surface area (TPSA) is 132 Å². The summed E-state index contributed by atoms with van der Waals surface area (Å²) in [5.74, 6) is 0.0177. The molecule has 35 heavy (non-hydrogen) atoms. The number of carbonyl (C=O) groups is 1. The van der Waals surface area contributed by atoms with Crippen LogP contribution in [0.15, 0.2) is 0 Å². The molecule has 0 aliphatic carbocycles. The Morgan fingerprint density at radius 2 is 1.23 bits per heavy atom. The Morgan fingerprint density at radius 3 is 1.63 bits per heavy atom. The summed E-state index contributed by atoms with van der Waals surface area (Å²) >= 11 is 0. The Kier molecular flexibility index (Phi) is 23.4. The van der Waals surface area contributed by atoms with Gasteiger partial charge >= 0.3 is 0 Å². The van der Waals surface area contributed by atoms with Gasteiger partial charge in [-0.2, -0.15) is 0 Å². The predicted octanol–water partition coefficient (Wildman–Crippen LogP) is 7.80. The highest BCUT2D eigenvalue weighted by Gasteiger charge is 2.31. The summed E-state index contributed by atoms with van der Waals surface area (Å²) in [5, 5.41) is 2.95. The highest BCUT2D eigenvalue weighted by molar-refractivity contribution is 7.80. The van der Waals surface area contributed by atoms with E-state index in [0.29, 0.717) is 25.8 Å². The second-order valence-electron chi connectivity index (χ2n) is 10.4. The summed E-state index contributed by atoms with van der Waals surface area (Å²) in [6.07, 6.45) is 22.4. The first kappa shape index (κ1) is 36.5. The van der Waals surface area contributed by atoms with Crippen molar-refractivity contribution in [3.8, 4) is 0 Å². The van der Waals surface area contributed by atoms with Crippen molar-refractivity contribution in [2.24, 2.45) is 5.92 Å². The number of nitrogens with one attached hydrogen (secondary N) is 1. The van der Waals surface area contributed by atoms with Crippen molar-refractivity contribution < 1.29 is 21.9 Å². The molecule has 0 aliphatic rings. The molecule has 0 bridgehead atoms. The van der Waals surface area contributed by atoms with E-state index in [1.54, 1.807) is 13.8 Å². The van der Waals surface area contributed by atoms with Crippen LogP contribution in [0.4, 0.5) is 0 Å². The molecule has 0 heterocycles. The van der Waals surface area contributed by atoms with Gasteiger partial charge in [-0.25, -0.2) is 8.42 Å². The van der Waals surface area contributed by atoms with Crippen LogP contribution in [0, 0.1) is 5.92 Å². The van der Waals surface area contributed by atoms with Crippen LogP contribution < -0.4 is 11.5 Å². The second kappa shape index (κ2) is 22.5. The molecule has 212 valence electrons. The van der Waals surface area contributed by atoms with Crippen molar-refractivity contribution in [3.05, 3.63) is 0 Å². The third kappa shape index (κ3) is 23.4. The van der Waals surface area contributed by atoms with E-state index < -0.39 is 16.0 Å². The average Bonchev–Trinajstić information content (AvgIpc) is 2.74. The molecule has 5 N–H and O–H groups in total. The van der Waals surface area contributed by atoms with Crippen LogP contribution in [0.3, 0.4) is 0 Å². The van der Waals surface area contributed by atoms with Gasteiger partial charge in [-0.15, -0.1) is 0 Å². The smallest absolute Gasteiger partial charge is 0.219 e. The number of quaternary nitrogens is 1. The van der Waals surface area contributed by atoms with Gasteiger partial charge in [-0.05, 0) is 39.0 Å². The van der Waals surface area contributed by atoms with Crippen molar-refractivity contribution in [3.63, 3.8) is 0 Å². The summed E-state index contributed by atoms with van der Waals surface area (Å²) in [5.41, 5.74) is -1.03. The highest BCUT2D eigenvalue weighted by atomic mass is 32.3. The van der Waals surface area contributed by atoms with Crippen molar-refractivity contribution in [2.45, 2.75) is 155 Å². The lowest BCUT2D eigenvalue weighted by molar-refractivity contribution is -0.121. The Morgan fingerprint density at radius 1 is 0.800 bits per heavy atom. The molecule has 0 radical (unpaired) electrons. The molecule has 7 nitrogen and oxygen atoms in total. The molecule has 1 atom stereocenters. The maximum Gasteiger partial charge on any atom is 0.219 e. The third-order valence-electron chi connectivity index (χ3n) is 6.85. The van der Waals surface area contributed by atoms with Crippen LogP contribution in [0.25, 0.3) is 0 Å². The van der Waals surface area contributed by atoms with E-state index in [9.17, 15) is 17.8 Å². The van der Waals surface area contributed by atoms with Gasteiger partial charge < -0.3 is 16.0 Å². The van der Waals surface area contributed by atoms with Crippen molar-refractivity contribution in [1.82, 2.24) is 11.5 Å². The van der Waals surface area contributed by atoms with E-state index >= 15 is 0 Å². The maximum atomic E-state index is 12.0. The van der Waals surface area contributed by atoms with Gasteiger partial charge in [0.2, 0.25) is 16.3 Å². The molecular weight excluding hydrogens is 464 g/mol. The summed E-state index contributed by atoms with van der Waals surface area (Å²) in [6.45, 7) is 8.04. The van der Waals surface area contributed by atoms with Gasteiger partial charge in [0, 0.05) is 13.0 Å². The fourth-order valence-corrected chi connectivity index (χ4v) is 5.36. The zero-order valence-electron chi connectivity index (χ0n) is 23.7. The van der Waals surface area contributed by atoms with Crippen molar-refractivity contribution in [2.75, 3.05) is 6.54 Å². The lowest BCUT2D eigenvalue weighted by Crippen LogP contribution is -2.37. The molecule has 1 amide bonds. The summed E-state index contributed by atoms with van der Waals surface area (Å²) in [7, 11) is -4.73. The molecule has 0 aromatic rings. The molecule has 0 rings (SSSR count). The molecule has 8 heteroatoms. The van der Waals surface area contributed by atoms with Crippen LogP contribution in [0.1, 0.15) is 150 Å². The van der Waals surface area contributed by atoms with E-state index in [-0.39, 0.29) is 18.0 Å². The van der Waals surface area contributed by atoms with Gasteiger partial charge in [0.15, 0.2) is 0 Å². The fraction of sp³-hybridized carbons (Fsp3) is 0.963. The van der Waals surface area contributed by atoms with Crippen molar-refractivity contribution in [1.29, 1.82) is 0 Å². The number of hydrogen-bond donors (Lipinski definition) is 2. The first-order valence-electron chi connectivity index (χ1n) is 14.1.